The number of rotatable bonds is 4. The summed E-state index contributed by atoms with van der Waals surface area (Å²) in [6.45, 7) is 1.69. The smallest absolute Gasteiger partial charge is 0.253 e. The third-order valence-electron chi connectivity index (χ3n) is 2.88. The van der Waals surface area contributed by atoms with E-state index in [-0.39, 0.29) is 23.0 Å². The lowest BCUT2D eigenvalue weighted by Gasteiger charge is -2.09. The maximum absolute atomic E-state index is 13.0. The molecule has 2 rings (SSSR count). The summed E-state index contributed by atoms with van der Waals surface area (Å²) in [5.41, 5.74) is 1.68. The van der Waals surface area contributed by atoms with E-state index < -0.39 is 11.7 Å². The number of halogens is 2. The lowest BCUT2D eigenvalue weighted by molar-refractivity contribution is -0.114. The molecule has 0 heterocycles. The predicted octanol–water partition coefficient (Wildman–Crippen LogP) is 3.37. The monoisotopic (exact) mass is 320 g/mol. The van der Waals surface area contributed by atoms with Gasteiger partial charge in [-0.2, -0.15) is 0 Å². The molecule has 0 atom stereocenters. The molecule has 0 aliphatic rings. The van der Waals surface area contributed by atoms with Gasteiger partial charge in [0, 0.05) is 19.2 Å². The van der Waals surface area contributed by atoms with Crippen molar-refractivity contribution in [3.05, 3.63) is 64.4 Å². The first kappa shape index (κ1) is 16.0. The number of carbonyl (C=O) groups is 2. The molecule has 6 heteroatoms. The Balaban J connectivity index is 2.03. The Labute approximate surface area is 132 Å². The highest BCUT2D eigenvalue weighted by molar-refractivity contribution is 6.33. The van der Waals surface area contributed by atoms with Crippen molar-refractivity contribution < 1.29 is 14.0 Å². The van der Waals surface area contributed by atoms with Gasteiger partial charge in [-0.15, -0.1) is 0 Å². The minimum Gasteiger partial charge on any atom is -0.348 e. The third-order valence-corrected chi connectivity index (χ3v) is 3.19. The largest absolute Gasteiger partial charge is 0.348 e. The Morgan fingerprint density at radius 3 is 2.64 bits per heavy atom. The summed E-state index contributed by atoms with van der Waals surface area (Å²) in [6.07, 6.45) is 0. The van der Waals surface area contributed by atoms with E-state index in [4.69, 9.17) is 11.6 Å². The number of hydrogen-bond donors (Lipinski definition) is 2. The minimum absolute atomic E-state index is 0.0597. The maximum Gasteiger partial charge on any atom is 0.253 e. The summed E-state index contributed by atoms with van der Waals surface area (Å²) in [7, 11) is 0. The van der Waals surface area contributed by atoms with Crippen LogP contribution in [-0.2, 0) is 11.3 Å². The van der Waals surface area contributed by atoms with Crippen LogP contribution in [0.15, 0.2) is 42.5 Å². The van der Waals surface area contributed by atoms with Crippen molar-refractivity contribution in [3.63, 3.8) is 0 Å². The van der Waals surface area contributed by atoms with Gasteiger partial charge in [0.05, 0.1) is 10.6 Å². The summed E-state index contributed by atoms with van der Waals surface area (Å²) in [5.74, 6) is -1.06. The normalized spacial score (nSPS) is 10.1. The molecule has 0 fully saturated rings. The van der Waals surface area contributed by atoms with Gasteiger partial charge in [-0.3, -0.25) is 9.59 Å². The fraction of sp³-hybridized carbons (Fsp3) is 0.125. The van der Waals surface area contributed by atoms with Gasteiger partial charge in [0.25, 0.3) is 5.91 Å². The van der Waals surface area contributed by atoms with Gasteiger partial charge in [0.1, 0.15) is 5.82 Å². The molecule has 22 heavy (non-hydrogen) atoms. The molecule has 0 aliphatic heterocycles. The van der Waals surface area contributed by atoms with Crippen LogP contribution in [0.5, 0.6) is 0 Å². The van der Waals surface area contributed by atoms with E-state index in [0.717, 1.165) is 11.6 Å². The number of hydrogen-bond acceptors (Lipinski definition) is 2. The van der Waals surface area contributed by atoms with Crippen molar-refractivity contribution in [1.29, 1.82) is 0 Å². The highest BCUT2D eigenvalue weighted by atomic mass is 35.5. The molecule has 2 aromatic carbocycles. The molecule has 0 aromatic heterocycles. The van der Waals surface area contributed by atoms with Crippen LogP contribution in [0.3, 0.4) is 0 Å². The summed E-state index contributed by atoms with van der Waals surface area (Å²) in [4.78, 5) is 23.0. The lowest BCUT2D eigenvalue weighted by atomic mass is 10.1. The number of benzene rings is 2. The molecule has 0 radical (unpaired) electrons. The molecule has 0 saturated heterocycles. The summed E-state index contributed by atoms with van der Waals surface area (Å²) in [6, 6.07) is 10.7. The first-order valence-corrected chi connectivity index (χ1v) is 6.93. The van der Waals surface area contributed by atoms with Crippen LogP contribution in [0.4, 0.5) is 10.1 Å². The number of amides is 2. The summed E-state index contributed by atoms with van der Waals surface area (Å²) in [5, 5.41) is 5.42. The van der Waals surface area contributed by atoms with Gasteiger partial charge in [0.15, 0.2) is 0 Å². The lowest BCUT2D eigenvalue weighted by Crippen LogP contribution is -2.23. The van der Waals surface area contributed by atoms with Crippen molar-refractivity contribution >= 4 is 29.1 Å². The second kappa shape index (κ2) is 7.04. The van der Waals surface area contributed by atoms with Crippen LogP contribution in [-0.4, -0.2) is 11.8 Å². The van der Waals surface area contributed by atoms with E-state index in [1.807, 2.05) is 6.07 Å². The molecule has 2 N–H and O–H groups in total. The fourth-order valence-electron chi connectivity index (χ4n) is 1.91. The van der Waals surface area contributed by atoms with Crippen molar-refractivity contribution in [3.8, 4) is 0 Å². The second-order valence-corrected chi connectivity index (χ2v) is 5.10. The molecule has 2 amide bonds. The van der Waals surface area contributed by atoms with Crippen LogP contribution >= 0.6 is 11.6 Å². The number of anilines is 1. The number of nitrogens with one attached hydrogen (secondary N) is 2. The zero-order chi connectivity index (χ0) is 16.1. The zero-order valence-electron chi connectivity index (χ0n) is 11.8. The van der Waals surface area contributed by atoms with E-state index in [1.165, 1.54) is 19.1 Å². The Morgan fingerprint density at radius 2 is 1.95 bits per heavy atom. The predicted molar refractivity (Wildman–Crippen MR) is 83.3 cm³/mol. The topological polar surface area (TPSA) is 58.2 Å². The standard InChI is InChI=1S/C16H14ClFN2O2/c1-10(21)20-13-4-2-3-11(7-13)9-19-16(22)14-6-5-12(18)8-15(14)17/h2-8H,9H2,1H3,(H,19,22)(H,20,21). The summed E-state index contributed by atoms with van der Waals surface area (Å²) < 4.78 is 13.0. The number of carbonyl (C=O) groups excluding carboxylic acids is 2. The van der Waals surface area contributed by atoms with Crippen molar-refractivity contribution in [2.24, 2.45) is 0 Å². The molecule has 0 aliphatic carbocycles. The molecule has 2 aromatic rings. The van der Waals surface area contributed by atoms with Crippen LogP contribution in [0, 0.1) is 5.82 Å². The average molecular weight is 321 g/mol. The second-order valence-electron chi connectivity index (χ2n) is 4.69. The SMILES string of the molecule is CC(=O)Nc1cccc(CNC(=O)c2ccc(F)cc2Cl)c1. The van der Waals surface area contributed by atoms with Crippen molar-refractivity contribution in [1.82, 2.24) is 5.32 Å². The van der Waals surface area contributed by atoms with Crippen LogP contribution in [0.25, 0.3) is 0 Å². The van der Waals surface area contributed by atoms with Crippen LogP contribution < -0.4 is 10.6 Å². The van der Waals surface area contributed by atoms with Crippen molar-refractivity contribution in [2.75, 3.05) is 5.32 Å². The molecule has 0 unspecified atom stereocenters. The maximum atomic E-state index is 13.0. The fourth-order valence-corrected chi connectivity index (χ4v) is 2.17. The van der Waals surface area contributed by atoms with E-state index in [2.05, 4.69) is 10.6 Å². The quantitative estimate of drug-likeness (QED) is 0.907. The van der Waals surface area contributed by atoms with E-state index >= 15 is 0 Å². The van der Waals surface area contributed by atoms with Gasteiger partial charge >= 0.3 is 0 Å². The van der Waals surface area contributed by atoms with Crippen molar-refractivity contribution in [2.45, 2.75) is 13.5 Å². The molecule has 0 bridgehead atoms. The minimum atomic E-state index is -0.496. The average Bonchev–Trinajstić information content (AvgIpc) is 2.44. The van der Waals surface area contributed by atoms with Gasteiger partial charge < -0.3 is 10.6 Å². The first-order chi connectivity index (χ1) is 10.5. The Kier molecular flexibility index (Phi) is 5.12. The van der Waals surface area contributed by atoms with Gasteiger partial charge in [-0.1, -0.05) is 23.7 Å². The molecule has 4 nitrogen and oxygen atoms in total. The zero-order valence-corrected chi connectivity index (χ0v) is 12.6. The molecule has 0 saturated carbocycles. The highest BCUT2D eigenvalue weighted by Crippen LogP contribution is 2.17. The molecular formula is C16H14ClFN2O2. The third kappa shape index (κ3) is 4.30. The molecule has 114 valence electrons. The van der Waals surface area contributed by atoms with Crippen LogP contribution in [0.2, 0.25) is 5.02 Å². The van der Waals surface area contributed by atoms with Gasteiger partial charge in [0.2, 0.25) is 5.91 Å². The van der Waals surface area contributed by atoms with E-state index in [0.29, 0.717) is 5.69 Å². The van der Waals surface area contributed by atoms with E-state index in [9.17, 15) is 14.0 Å². The Morgan fingerprint density at radius 1 is 1.18 bits per heavy atom. The molecule has 0 spiro atoms. The van der Waals surface area contributed by atoms with Gasteiger partial charge in [-0.25, -0.2) is 4.39 Å². The Hall–Kier alpha value is -2.40. The highest BCUT2D eigenvalue weighted by Gasteiger charge is 2.10. The van der Waals surface area contributed by atoms with Gasteiger partial charge in [-0.05, 0) is 35.9 Å². The van der Waals surface area contributed by atoms with Crippen LogP contribution in [0.1, 0.15) is 22.8 Å². The summed E-state index contributed by atoms with van der Waals surface area (Å²) >= 11 is 5.84. The van der Waals surface area contributed by atoms with E-state index in [1.54, 1.807) is 18.2 Å². The first-order valence-electron chi connectivity index (χ1n) is 6.55. The molecular weight excluding hydrogens is 307 g/mol. The Bertz CT molecular complexity index is 719.